The number of aliphatic hydroxyl groups is 1. The van der Waals surface area contributed by atoms with E-state index in [0.717, 1.165) is 25.9 Å². The molecule has 1 saturated heterocycles. The topological polar surface area (TPSA) is 44.3 Å². The predicted molar refractivity (Wildman–Crippen MR) is 45.6 cm³/mol. The molecule has 1 aliphatic rings. The summed E-state index contributed by atoms with van der Waals surface area (Å²) in [4.78, 5) is 0. The Bertz CT molecular complexity index is 111. The van der Waals surface area contributed by atoms with Crippen molar-refractivity contribution in [3.8, 4) is 0 Å². The Labute approximate surface area is 68.2 Å². The Morgan fingerprint density at radius 3 is 2.91 bits per heavy atom. The second-order valence-electron chi connectivity index (χ2n) is 3.32. The van der Waals surface area contributed by atoms with Crippen LogP contribution in [0.5, 0.6) is 0 Å². The molecule has 0 aliphatic carbocycles. The van der Waals surface area contributed by atoms with Crippen LogP contribution in [0, 0.1) is 0 Å². The molecule has 0 aromatic heterocycles. The van der Waals surface area contributed by atoms with Gasteiger partial charge in [0.15, 0.2) is 0 Å². The van der Waals surface area contributed by atoms with Crippen molar-refractivity contribution in [2.45, 2.75) is 24.8 Å². The van der Waals surface area contributed by atoms with E-state index in [2.05, 4.69) is 10.6 Å². The summed E-state index contributed by atoms with van der Waals surface area (Å²) in [5.41, 5.74) is 0.0308. The molecule has 0 amide bonds. The van der Waals surface area contributed by atoms with Crippen molar-refractivity contribution >= 4 is 0 Å². The lowest BCUT2D eigenvalue weighted by atomic mass is 9.94. The van der Waals surface area contributed by atoms with Gasteiger partial charge in [-0.25, -0.2) is 0 Å². The summed E-state index contributed by atoms with van der Waals surface area (Å²) in [6.45, 7) is 2.31. The van der Waals surface area contributed by atoms with E-state index in [-0.39, 0.29) is 12.1 Å². The molecule has 0 unspecified atom stereocenters. The summed E-state index contributed by atoms with van der Waals surface area (Å²) in [5.74, 6) is 0. The normalized spacial score (nSPS) is 31.1. The summed E-state index contributed by atoms with van der Waals surface area (Å²) in [5, 5.41) is 15.6. The quantitative estimate of drug-likeness (QED) is 0.527. The monoisotopic (exact) mass is 158 g/mol. The zero-order chi connectivity index (χ0) is 8.16. The molecule has 3 nitrogen and oxygen atoms in total. The van der Waals surface area contributed by atoms with Gasteiger partial charge in [0, 0.05) is 5.54 Å². The Morgan fingerprint density at radius 1 is 1.64 bits per heavy atom. The van der Waals surface area contributed by atoms with E-state index >= 15 is 0 Å². The molecule has 1 fully saturated rings. The van der Waals surface area contributed by atoms with E-state index < -0.39 is 0 Å². The van der Waals surface area contributed by atoms with E-state index in [1.165, 1.54) is 6.42 Å². The molecular formula is C8H18N2O. The minimum atomic E-state index is 0.0308. The van der Waals surface area contributed by atoms with Crippen LogP contribution < -0.4 is 10.6 Å². The van der Waals surface area contributed by atoms with Gasteiger partial charge >= 0.3 is 0 Å². The average molecular weight is 158 g/mol. The predicted octanol–water partition coefficient (Wildman–Crippen LogP) is -0.290. The van der Waals surface area contributed by atoms with Gasteiger partial charge in [-0.05, 0) is 39.4 Å². The fraction of sp³-hybridized carbons (Fsp3) is 1.00. The van der Waals surface area contributed by atoms with E-state index in [1.54, 1.807) is 0 Å². The molecule has 3 heteroatoms. The number of hydrogen-bond donors (Lipinski definition) is 3. The van der Waals surface area contributed by atoms with Gasteiger partial charge in [0.05, 0.1) is 6.61 Å². The van der Waals surface area contributed by atoms with Crippen molar-refractivity contribution < 1.29 is 5.11 Å². The Kier molecular flexibility index (Phi) is 3.30. The first-order valence-corrected chi connectivity index (χ1v) is 4.33. The first-order valence-electron chi connectivity index (χ1n) is 4.33. The molecule has 1 rings (SSSR count). The third-order valence-electron chi connectivity index (χ3n) is 2.49. The summed E-state index contributed by atoms with van der Waals surface area (Å²) < 4.78 is 0. The molecule has 0 bridgehead atoms. The molecule has 1 atom stereocenters. The molecule has 11 heavy (non-hydrogen) atoms. The standard InChI is InChI=1S/C8H18N2O/c1-9-6-4-8(7-11)3-2-5-10-8/h9-11H,2-7H2,1H3/t8-/m1/s1. The van der Waals surface area contributed by atoms with Crippen molar-refractivity contribution in [1.82, 2.24) is 10.6 Å². The Morgan fingerprint density at radius 2 is 2.45 bits per heavy atom. The van der Waals surface area contributed by atoms with E-state index in [4.69, 9.17) is 5.11 Å². The van der Waals surface area contributed by atoms with Gasteiger partial charge in [-0.1, -0.05) is 0 Å². The Hall–Kier alpha value is -0.120. The fourth-order valence-electron chi connectivity index (χ4n) is 1.66. The maximum absolute atomic E-state index is 9.15. The van der Waals surface area contributed by atoms with Gasteiger partial charge < -0.3 is 15.7 Å². The van der Waals surface area contributed by atoms with Gasteiger partial charge in [-0.15, -0.1) is 0 Å². The molecule has 0 spiro atoms. The molecule has 66 valence electrons. The number of nitrogens with one attached hydrogen (secondary N) is 2. The SMILES string of the molecule is CNCC[C@@]1(CO)CCCN1. The minimum absolute atomic E-state index is 0.0308. The van der Waals surface area contributed by atoms with Gasteiger partial charge in [-0.2, -0.15) is 0 Å². The molecule has 3 N–H and O–H groups in total. The number of rotatable bonds is 4. The third kappa shape index (κ3) is 2.15. The van der Waals surface area contributed by atoms with Crippen LogP contribution in [-0.4, -0.2) is 37.4 Å². The van der Waals surface area contributed by atoms with Gasteiger partial charge in [0.25, 0.3) is 0 Å². The zero-order valence-electron chi connectivity index (χ0n) is 7.19. The molecule has 0 aromatic rings. The van der Waals surface area contributed by atoms with E-state index in [0.29, 0.717) is 0 Å². The summed E-state index contributed by atoms with van der Waals surface area (Å²) in [6.07, 6.45) is 3.34. The highest BCUT2D eigenvalue weighted by Gasteiger charge is 2.31. The van der Waals surface area contributed by atoms with Crippen LogP contribution in [0.1, 0.15) is 19.3 Å². The molecule has 1 heterocycles. The zero-order valence-corrected chi connectivity index (χ0v) is 7.19. The summed E-state index contributed by atoms with van der Waals surface area (Å²) in [6, 6.07) is 0. The lowest BCUT2D eigenvalue weighted by Gasteiger charge is -2.26. The van der Waals surface area contributed by atoms with Crippen molar-refractivity contribution in [2.24, 2.45) is 0 Å². The van der Waals surface area contributed by atoms with Crippen LogP contribution >= 0.6 is 0 Å². The van der Waals surface area contributed by atoms with Crippen LogP contribution in [0.3, 0.4) is 0 Å². The van der Waals surface area contributed by atoms with Crippen molar-refractivity contribution in [2.75, 3.05) is 26.7 Å². The summed E-state index contributed by atoms with van der Waals surface area (Å²) >= 11 is 0. The molecule has 0 saturated carbocycles. The van der Waals surface area contributed by atoms with Crippen molar-refractivity contribution in [1.29, 1.82) is 0 Å². The van der Waals surface area contributed by atoms with Crippen LogP contribution in [0.25, 0.3) is 0 Å². The highest BCUT2D eigenvalue weighted by molar-refractivity contribution is 4.92. The van der Waals surface area contributed by atoms with Crippen LogP contribution in [0.4, 0.5) is 0 Å². The first kappa shape index (κ1) is 8.97. The maximum atomic E-state index is 9.15. The Balaban J connectivity index is 2.33. The molecular weight excluding hydrogens is 140 g/mol. The van der Waals surface area contributed by atoms with Crippen LogP contribution in [0.2, 0.25) is 0 Å². The second kappa shape index (κ2) is 4.04. The lowest BCUT2D eigenvalue weighted by molar-refractivity contribution is 0.169. The van der Waals surface area contributed by atoms with Gasteiger partial charge in [-0.3, -0.25) is 0 Å². The van der Waals surface area contributed by atoms with Crippen LogP contribution in [-0.2, 0) is 0 Å². The molecule has 0 radical (unpaired) electrons. The van der Waals surface area contributed by atoms with Gasteiger partial charge in [0.1, 0.15) is 0 Å². The van der Waals surface area contributed by atoms with Crippen LogP contribution in [0.15, 0.2) is 0 Å². The minimum Gasteiger partial charge on any atom is -0.394 e. The number of hydrogen-bond acceptors (Lipinski definition) is 3. The second-order valence-corrected chi connectivity index (χ2v) is 3.32. The van der Waals surface area contributed by atoms with Gasteiger partial charge in [0.2, 0.25) is 0 Å². The first-order chi connectivity index (χ1) is 5.33. The van der Waals surface area contributed by atoms with E-state index in [9.17, 15) is 0 Å². The summed E-state index contributed by atoms with van der Waals surface area (Å²) in [7, 11) is 1.94. The molecule has 1 aliphatic heterocycles. The highest BCUT2D eigenvalue weighted by Crippen LogP contribution is 2.21. The smallest absolute Gasteiger partial charge is 0.0613 e. The van der Waals surface area contributed by atoms with E-state index in [1.807, 2.05) is 7.05 Å². The maximum Gasteiger partial charge on any atom is 0.0613 e. The third-order valence-corrected chi connectivity index (χ3v) is 2.49. The highest BCUT2D eigenvalue weighted by atomic mass is 16.3. The lowest BCUT2D eigenvalue weighted by Crippen LogP contribution is -2.45. The fourth-order valence-corrected chi connectivity index (χ4v) is 1.66. The van der Waals surface area contributed by atoms with Crippen molar-refractivity contribution in [3.63, 3.8) is 0 Å². The average Bonchev–Trinajstić information content (AvgIpc) is 2.50. The van der Waals surface area contributed by atoms with Crippen molar-refractivity contribution in [3.05, 3.63) is 0 Å². The number of aliphatic hydroxyl groups excluding tert-OH is 1. The largest absolute Gasteiger partial charge is 0.394 e. The molecule has 0 aromatic carbocycles.